The Hall–Kier alpha value is -2.15. The van der Waals surface area contributed by atoms with E-state index in [1.807, 2.05) is 44.6 Å². The van der Waals surface area contributed by atoms with E-state index in [4.69, 9.17) is 4.74 Å². The quantitative estimate of drug-likeness (QED) is 0.843. The lowest BCUT2D eigenvalue weighted by Crippen LogP contribution is -2.32. The first-order chi connectivity index (χ1) is 11.3. The van der Waals surface area contributed by atoms with Gasteiger partial charge in [0.1, 0.15) is 18.2 Å². The second-order valence-electron chi connectivity index (χ2n) is 6.07. The second-order valence-corrected chi connectivity index (χ2v) is 6.07. The number of nitrogens with zero attached hydrogens (tertiary/aromatic N) is 3. The molecule has 0 saturated heterocycles. The topological polar surface area (TPSA) is 42.3 Å². The Morgan fingerprint density at radius 1 is 1.33 bits per heavy atom. The smallest absolute Gasteiger partial charge is 0.167 e. The number of benzene rings is 1. The molecule has 5 nitrogen and oxygen atoms in total. The average molecular weight is 338 g/mol. The third-order valence-corrected chi connectivity index (χ3v) is 3.75. The highest BCUT2D eigenvalue weighted by Gasteiger charge is 2.16. The van der Waals surface area contributed by atoms with Crippen molar-refractivity contribution in [3.63, 3.8) is 0 Å². The van der Waals surface area contributed by atoms with Gasteiger partial charge < -0.3 is 15.0 Å². The first-order valence-electron chi connectivity index (χ1n) is 7.80. The van der Waals surface area contributed by atoms with Crippen LogP contribution in [0.25, 0.3) is 0 Å². The molecule has 0 aliphatic rings. The number of hydrogen-bond donors (Lipinski definition) is 1. The lowest BCUT2D eigenvalue weighted by atomic mass is 10.2. The van der Waals surface area contributed by atoms with E-state index in [0.717, 1.165) is 23.1 Å². The number of rotatable bonds is 7. The van der Waals surface area contributed by atoms with Crippen LogP contribution in [0.3, 0.4) is 0 Å². The molecule has 0 fully saturated rings. The van der Waals surface area contributed by atoms with Crippen molar-refractivity contribution < 1.29 is 13.5 Å². The van der Waals surface area contributed by atoms with E-state index in [1.54, 1.807) is 0 Å². The van der Waals surface area contributed by atoms with Crippen molar-refractivity contribution in [2.75, 3.05) is 25.6 Å². The molecule has 24 heavy (non-hydrogen) atoms. The normalized spacial score (nSPS) is 12.3. The first-order valence-corrected chi connectivity index (χ1v) is 7.80. The Bertz CT molecular complexity index is 700. The Morgan fingerprint density at radius 3 is 2.67 bits per heavy atom. The molecule has 2 aromatic rings. The molecule has 0 bridgehead atoms. The first kappa shape index (κ1) is 18.2. The summed E-state index contributed by atoms with van der Waals surface area (Å²) in [5.41, 5.74) is 2.08. The SMILES string of the molecule is Cc1nn(C)c(N(C)C)c1CN[C@H](C)COc1ccc(F)cc1F. The number of anilines is 1. The van der Waals surface area contributed by atoms with Gasteiger partial charge in [-0.25, -0.2) is 8.78 Å². The molecular weight excluding hydrogens is 314 g/mol. The zero-order valence-electron chi connectivity index (χ0n) is 14.7. The molecule has 1 aromatic carbocycles. The molecule has 0 radical (unpaired) electrons. The summed E-state index contributed by atoms with van der Waals surface area (Å²) in [4.78, 5) is 2.02. The standard InChI is InChI=1S/C17H24F2N4O/c1-11(10-24-16-7-6-13(18)8-15(16)19)20-9-14-12(2)21-23(5)17(14)22(3)4/h6-8,11,20H,9-10H2,1-5H3/t11-/m1/s1. The van der Waals surface area contributed by atoms with Gasteiger partial charge in [-0.1, -0.05) is 0 Å². The van der Waals surface area contributed by atoms with Crippen LogP contribution in [0.2, 0.25) is 0 Å². The largest absolute Gasteiger partial charge is 0.489 e. The summed E-state index contributed by atoms with van der Waals surface area (Å²) < 4.78 is 33.7. The molecular formula is C17H24F2N4O. The van der Waals surface area contributed by atoms with Gasteiger partial charge in [-0.3, -0.25) is 4.68 Å². The molecule has 1 aromatic heterocycles. The van der Waals surface area contributed by atoms with Gasteiger partial charge in [0, 0.05) is 45.4 Å². The van der Waals surface area contributed by atoms with Crippen molar-refractivity contribution >= 4 is 5.82 Å². The van der Waals surface area contributed by atoms with Gasteiger partial charge in [-0.2, -0.15) is 5.10 Å². The van der Waals surface area contributed by atoms with Crippen LogP contribution in [0.5, 0.6) is 5.75 Å². The maximum absolute atomic E-state index is 13.5. The predicted molar refractivity (Wildman–Crippen MR) is 90.4 cm³/mol. The third kappa shape index (κ3) is 4.23. The van der Waals surface area contributed by atoms with Gasteiger partial charge >= 0.3 is 0 Å². The van der Waals surface area contributed by atoms with Crippen LogP contribution in [-0.2, 0) is 13.6 Å². The van der Waals surface area contributed by atoms with Gasteiger partial charge in [0.25, 0.3) is 0 Å². The van der Waals surface area contributed by atoms with Crippen LogP contribution >= 0.6 is 0 Å². The number of aryl methyl sites for hydroxylation is 2. The fourth-order valence-electron chi connectivity index (χ4n) is 2.60. The molecule has 2 rings (SSSR count). The van der Waals surface area contributed by atoms with Crippen molar-refractivity contribution in [2.24, 2.45) is 7.05 Å². The molecule has 1 atom stereocenters. The van der Waals surface area contributed by atoms with Crippen LogP contribution in [0, 0.1) is 18.6 Å². The fourth-order valence-corrected chi connectivity index (χ4v) is 2.60. The van der Waals surface area contributed by atoms with Crippen LogP contribution < -0.4 is 15.0 Å². The highest BCUT2D eigenvalue weighted by atomic mass is 19.1. The second kappa shape index (κ2) is 7.61. The number of halogens is 2. The molecule has 1 heterocycles. The Labute approximate surface area is 141 Å². The van der Waals surface area contributed by atoms with E-state index in [-0.39, 0.29) is 18.4 Å². The summed E-state index contributed by atoms with van der Waals surface area (Å²) in [7, 11) is 5.86. The van der Waals surface area contributed by atoms with Gasteiger partial charge in [-0.15, -0.1) is 0 Å². The van der Waals surface area contributed by atoms with Gasteiger partial charge in [0.15, 0.2) is 11.6 Å². The number of aromatic nitrogens is 2. The van der Waals surface area contributed by atoms with Crippen molar-refractivity contribution in [2.45, 2.75) is 26.4 Å². The highest BCUT2D eigenvalue weighted by molar-refractivity contribution is 5.48. The van der Waals surface area contributed by atoms with Crippen LogP contribution in [0.4, 0.5) is 14.6 Å². The summed E-state index contributed by atoms with van der Waals surface area (Å²) in [6, 6.07) is 3.28. The van der Waals surface area contributed by atoms with Crippen LogP contribution in [-0.4, -0.2) is 36.5 Å². The maximum Gasteiger partial charge on any atom is 0.167 e. The molecule has 0 unspecified atom stereocenters. The molecule has 0 amide bonds. The Morgan fingerprint density at radius 2 is 2.04 bits per heavy atom. The summed E-state index contributed by atoms with van der Waals surface area (Å²) >= 11 is 0. The maximum atomic E-state index is 13.5. The molecule has 0 spiro atoms. The molecule has 132 valence electrons. The van der Waals surface area contributed by atoms with Gasteiger partial charge in [0.05, 0.1) is 5.69 Å². The van der Waals surface area contributed by atoms with Crippen molar-refractivity contribution in [1.82, 2.24) is 15.1 Å². The van der Waals surface area contributed by atoms with E-state index >= 15 is 0 Å². The Balaban J connectivity index is 1.93. The van der Waals surface area contributed by atoms with E-state index in [2.05, 4.69) is 10.4 Å². The van der Waals surface area contributed by atoms with Crippen molar-refractivity contribution in [3.8, 4) is 5.75 Å². The Kier molecular flexibility index (Phi) is 5.77. The monoisotopic (exact) mass is 338 g/mol. The fraction of sp³-hybridized carbons (Fsp3) is 0.471. The van der Waals surface area contributed by atoms with Crippen LogP contribution in [0.15, 0.2) is 18.2 Å². The lowest BCUT2D eigenvalue weighted by molar-refractivity contribution is 0.260. The van der Waals surface area contributed by atoms with E-state index in [9.17, 15) is 8.78 Å². The number of ether oxygens (including phenoxy) is 1. The number of hydrogen-bond acceptors (Lipinski definition) is 4. The third-order valence-electron chi connectivity index (χ3n) is 3.75. The van der Waals surface area contributed by atoms with E-state index < -0.39 is 11.6 Å². The molecule has 0 saturated carbocycles. The van der Waals surface area contributed by atoms with Crippen molar-refractivity contribution in [1.29, 1.82) is 0 Å². The minimum atomic E-state index is -0.694. The minimum absolute atomic E-state index is 0.0101. The molecule has 7 heteroatoms. The molecule has 0 aliphatic heterocycles. The zero-order chi connectivity index (χ0) is 17.9. The number of nitrogens with one attached hydrogen (secondary N) is 1. The summed E-state index contributed by atoms with van der Waals surface area (Å²) in [6.07, 6.45) is 0. The summed E-state index contributed by atoms with van der Waals surface area (Å²) in [5.74, 6) is -0.219. The highest BCUT2D eigenvalue weighted by Crippen LogP contribution is 2.21. The average Bonchev–Trinajstić information content (AvgIpc) is 2.78. The van der Waals surface area contributed by atoms with Gasteiger partial charge in [0.2, 0.25) is 0 Å². The molecule has 0 aliphatic carbocycles. The summed E-state index contributed by atoms with van der Waals surface area (Å²) in [6.45, 7) is 4.82. The van der Waals surface area contributed by atoms with Gasteiger partial charge in [-0.05, 0) is 26.0 Å². The lowest BCUT2D eigenvalue weighted by Gasteiger charge is -2.18. The minimum Gasteiger partial charge on any atom is -0.489 e. The molecule has 1 N–H and O–H groups in total. The van der Waals surface area contributed by atoms with Crippen LogP contribution in [0.1, 0.15) is 18.2 Å². The van der Waals surface area contributed by atoms with E-state index in [0.29, 0.717) is 6.54 Å². The zero-order valence-corrected chi connectivity index (χ0v) is 14.7. The predicted octanol–water partition coefficient (Wildman–Crippen LogP) is 2.63. The summed E-state index contributed by atoms with van der Waals surface area (Å²) in [5, 5.41) is 7.79. The van der Waals surface area contributed by atoms with E-state index in [1.165, 1.54) is 12.1 Å². The van der Waals surface area contributed by atoms with Crippen molar-refractivity contribution in [3.05, 3.63) is 41.1 Å².